The van der Waals surface area contributed by atoms with Crippen LogP contribution in [0, 0.1) is 12.7 Å². The monoisotopic (exact) mass is 478 g/mol. The van der Waals surface area contributed by atoms with Gasteiger partial charge in [0.05, 0.1) is 11.1 Å². The summed E-state index contributed by atoms with van der Waals surface area (Å²) in [5.74, 6) is 0.169. The van der Waals surface area contributed by atoms with E-state index in [2.05, 4.69) is 39.5 Å². The minimum absolute atomic E-state index is 0.244. The van der Waals surface area contributed by atoms with Crippen LogP contribution in [-0.4, -0.2) is 22.9 Å². The quantitative estimate of drug-likeness (QED) is 0.291. The van der Waals surface area contributed by atoms with Crippen molar-refractivity contribution < 1.29 is 9.18 Å². The third kappa shape index (κ3) is 4.58. The van der Waals surface area contributed by atoms with Gasteiger partial charge in [-0.25, -0.2) is 9.37 Å². The van der Waals surface area contributed by atoms with Gasteiger partial charge >= 0.3 is 0 Å². The van der Waals surface area contributed by atoms with Crippen molar-refractivity contribution in [2.75, 3.05) is 11.9 Å². The summed E-state index contributed by atoms with van der Waals surface area (Å²) < 4.78 is 15.0. The van der Waals surface area contributed by atoms with Crippen molar-refractivity contribution in [3.63, 3.8) is 0 Å². The molecule has 0 unspecified atom stereocenters. The first kappa shape index (κ1) is 23.3. The van der Waals surface area contributed by atoms with Crippen molar-refractivity contribution in [1.82, 2.24) is 15.3 Å². The van der Waals surface area contributed by atoms with Crippen molar-refractivity contribution in [2.24, 2.45) is 0 Å². The highest BCUT2D eigenvalue weighted by atomic mass is 19.1. The largest absolute Gasteiger partial charge is 0.355 e. The molecule has 5 rings (SSSR count). The molecule has 1 amide bonds. The molecule has 6 heteroatoms. The smallest absolute Gasteiger partial charge is 0.253 e. The summed E-state index contributed by atoms with van der Waals surface area (Å²) in [6.45, 7) is 2.97. The number of pyridine rings is 1. The highest BCUT2D eigenvalue weighted by Crippen LogP contribution is 2.34. The number of hydrogen-bond donors (Lipinski definition) is 2. The second-order valence-corrected chi connectivity index (χ2v) is 8.81. The summed E-state index contributed by atoms with van der Waals surface area (Å²) in [7, 11) is 1.59. The lowest BCUT2D eigenvalue weighted by molar-refractivity contribution is 0.0964. The maximum Gasteiger partial charge on any atom is 0.253 e. The molecule has 0 atom stereocenters. The van der Waals surface area contributed by atoms with E-state index in [-0.39, 0.29) is 11.7 Å². The van der Waals surface area contributed by atoms with E-state index in [1.807, 2.05) is 48.5 Å². The van der Waals surface area contributed by atoms with Gasteiger partial charge in [0, 0.05) is 43.0 Å². The topological polar surface area (TPSA) is 61.0 Å². The van der Waals surface area contributed by atoms with E-state index >= 15 is 4.39 Å². The van der Waals surface area contributed by atoms with Crippen LogP contribution in [0.5, 0.6) is 0 Å². The molecule has 0 aliphatic carbocycles. The Bertz CT molecular complexity index is 1470. The molecule has 0 saturated carbocycles. The number of hydrogen-bond acceptors (Lipinski definition) is 3. The highest BCUT2D eigenvalue weighted by Gasteiger charge is 2.21. The van der Waals surface area contributed by atoms with Crippen LogP contribution in [0.25, 0.3) is 22.2 Å². The Morgan fingerprint density at radius 3 is 2.19 bits per heavy atom. The van der Waals surface area contributed by atoms with Gasteiger partial charge in [-0.3, -0.25) is 4.79 Å². The minimum Gasteiger partial charge on any atom is -0.355 e. The molecule has 0 saturated heterocycles. The van der Waals surface area contributed by atoms with Gasteiger partial charge in [0.15, 0.2) is 5.82 Å². The molecular weight excluding hydrogens is 451 g/mol. The summed E-state index contributed by atoms with van der Waals surface area (Å²) in [6.07, 6.45) is 1.60. The van der Waals surface area contributed by atoms with Crippen LogP contribution in [0.3, 0.4) is 0 Å². The second kappa shape index (κ2) is 10.0. The molecule has 3 aromatic carbocycles. The lowest BCUT2D eigenvalue weighted by Crippen LogP contribution is -2.24. The van der Waals surface area contributed by atoms with Gasteiger partial charge in [0.1, 0.15) is 5.82 Å². The van der Waals surface area contributed by atoms with Crippen molar-refractivity contribution >= 4 is 22.6 Å². The van der Waals surface area contributed by atoms with Crippen LogP contribution < -0.4 is 10.2 Å². The van der Waals surface area contributed by atoms with Gasteiger partial charge in [0.2, 0.25) is 0 Å². The van der Waals surface area contributed by atoms with Gasteiger partial charge in [-0.2, -0.15) is 0 Å². The number of anilines is 1. The molecule has 5 aromatic rings. The number of amides is 1. The first-order chi connectivity index (χ1) is 17.5. The molecule has 0 aliphatic rings. The zero-order chi connectivity index (χ0) is 25.1. The van der Waals surface area contributed by atoms with Crippen LogP contribution >= 0.6 is 0 Å². The third-order valence-corrected chi connectivity index (χ3v) is 6.33. The average Bonchev–Trinajstić information content (AvgIpc) is 3.35. The summed E-state index contributed by atoms with van der Waals surface area (Å²) in [4.78, 5) is 23.0. The predicted molar refractivity (Wildman–Crippen MR) is 142 cm³/mol. The standard InChI is InChI=1S/C30H27FN4O/c1-20-10-9-15-23(27(20)31)26-16-24-25(30(36)32-2)17-33-29(28(24)34-26)35(18-21-11-5-3-6-12-21)19-22-13-7-4-8-14-22/h3-17,34H,18-19H2,1-2H3,(H,32,36). The number of H-pyrrole nitrogens is 1. The molecule has 0 aliphatic heterocycles. The molecule has 2 aromatic heterocycles. The Kier molecular flexibility index (Phi) is 6.50. The Balaban J connectivity index is 1.69. The SMILES string of the molecule is CNC(=O)c1cnc(N(Cc2ccccc2)Cc2ccccc2)c2[nH]c(-c3cccc(C)c3F)cc12. The van der Waals surface area contributed by atoms with Crippen LogP contribution in [0.15, 0.2) is 91.1 Å². The Hall–Kier alpha value is -4.45. The zero-order valence-corrected chi connectivity index (χ0v) is 20.3. The minimum atomic E-state index is -0.287. The number of carbonyl (C=O) groups excluding carboxylic acids is 1. The van der Waals surface area contributed by atoms with E-state index in [4.69, 9.17) is 4.98 Å². The summed E-state index contributed by atoms with van der Waals surface area (Å²) in [5, 5.41) is 3.39. The fourth-order valence-corrected chi connectivity index (χ4v) is 4.47. The van der Waals surface area contributed by atoms with Crippen molar-refractivity contribution in [2.45, 2.75) is 20.0 Å². The van der Waals surface area contributed by atoms with Crippen LogP contribution in [0.1, 0.15) is 27.0 Å². The predicted octanol–water partition coefficient (Wildman–Crippen LogP) is 6.24. The normalized spacial score (nSPS) is 11.0. The van der Waals surface area contributed by atoms with E-state index in [0.29, 0.717) is 52.2 Å². The van der Waals surface area contributed by atoms with Gasteiger partial charge < -0.3 is 15.2 Å². The van der Waals surface area contributed by atoms with Crippen LogP contribution in [-0.2, 0) is 13.1 Å². The van der Waals surface area contributed by atoms with Crippen molar-refractivity contribution in [3.05, 3.63) is 119 Å². The molecule has 0 bridgehead atoms. The van der Waals surface area contributed by atoms with Crippen LogP contribution in [0.4, 0.5) is 10.2 Å². The molecule has 180 valence electrons. The maximum absolute atomic E-state index is 15.0. The molecular formula is C30H27FN4O. The lowest BCUT2D eigenvalue weighted by Gasteiger charge is -2.25. The maximum atomic E-state index is 15.0. The lowest BCUT2D eigenvalue weighted by atomic mass is 10.1. The molecule has 0 fully saturated rings. The van der Waals surface area contributed by atoms with Crippen molar-refractivity contribution in [3.8, 4) is 11.3 Å². The first-order valence-electron chi connectivity index (χ1n) is 11.9. The first-order valence-corrected chi connectivity index (χ1v) is 11.9. The van der Waals surface area contributed by atoms with E-state index in [9.17, 15) is 4.79 Å². The fourth-order valence-electron chi connectivity index (χ4n) is 4.47. The third-order valence-electron chi connectivity index (χ3n) is 6.33. The van der Waals surface area contributed by atoms with Gasteiger partial charge in [-0.1, -0.05) is 72.8 Å². The molecule has 36 heavy (non-hydrogen) atoms. The van der Waals surface area contributed by atoms with Gasteiger partial charge in [0.25, 0.3) is 5.91 Å². The molecule has 5 nitrogen and oxygen atoms in total. The molecule has 0 radical (unpaired) electrons. The zero-order valence-electron chi connectivity index (χ0n) is 20.3. The number of nitrogens with zero attached hydrogens (tertiary/aromatic N) is 2. The molecule has 0 spiro atoms. The fraction of sp³-hybridized carbons (Fsp3) is 0.133. The molecule has 2 heterocycles. The summed E-state index contributed by atoms with van der Waals surface area (Å²) in [5.41, 5.74) is 5.02. The Labute approximate surface area is 209 Å². The highest BCUT2D eigenvalue weighted by molar-refractivity contribution is 6.09. The Morgan fingerprint density at radius 2 is 1.58 bits per heavy atom. The Morgan fingerprint density at radius 1 is 0.944 bits per heavy atom. The van der Waals surface area contributed by atoms with E-state index in [0.717, 1.165) is 11.1 Å². The number of carbonyl (C=O) groups is 1. The number of fused-ring (bicyclic) bond motifs is 1. The number of benzene rings is 3. The number of halogens is 1. The summed E-state index contributed by atoms with van der Waals surface area (Å²) in [6, 6.07) is 27.5. The number of aromatic nitrogens is 2. The molecule has 2 N–H and O–H groups in total. The van der Waals surface area contributed by atoms with E-state index in [1.165, 1.54) is 0 Å². The van der Waals surface area contributed by atoms with Crippen LogP contribution in [0.2, 0.25) is 0 Å². The second-order valence-electron chi connectivity index (χ2n) is 8.81. The van der Waals surface area contributed by atoms with E-state index in [1.54, 1.807) is 32.3 Å². The number of nitrogens with one attached hydrogen (secondary N) is 2. The van der Waals surface area contributed by atoms with Gasteiger partial charge in [-0.15, -0.1) is 0 Å². The summed E-state index contributed by atoms with van der Waals surface area (Å²) >= 11 is 0. The van der Waals surface area contributed by atoms with E-state index < -0.39 is 0 Å². The number of rotatable bonds is 7. The average molecular weight is 479 g/mol. The van der Waals surface area contributed by atoms with Gasteiger partial charge in [-0.05, 0) is 35.7 Å². The number of aryl methyl sites for hydroxylation is 1. The van der Waals surface area contributed by atoms with Crippen molar-refractivity contribution in [1.29, 1.82) is 0 Å². The number of aromatic amines is 1.